The summed E-state index contributed by atoms with van der Waals surface area (Å²) in [5.41, 5.74) is 8.18. The van der Waals surface area contributed by atoms with Crippen LogP contribution in [0.2, 0.25) is 0 Å². The van der Waals surface area contributed by atoms with Crippen LogP contribution in [0.5, 0.6) is 5.75 Å². The smallest absolute Gasteiger partial charge is 0.221 e. The number of hydrogen-bond acceptors (Lipinski definition) is 3. The molecule has 0 fully saturated rings. The molecule has 3 N–H and O–H groups in total. The molecule has 0 aliphatic heterocycles. The normalized spacial score (nSPS) is 10.1. The standard InChI is InChI=1S/C17H20N2O2/c1-2-21-16-10-6-4-8-14(16)12-19-15-9-5-3-7-13(15)11-17(18)20/h3-10,19H,2,11-12H2,1H3,(H2,18,20). The van der Waals surface area contributed by atoms with Crippen LogP contribution in [0, 0.1) is 0 Å². The second-order valence-corrected chi connectivity index (χ2v) is 4.69. The van der Waals surface area contributed by atoms with Crippen molar-refractivity contribution >= 4 is 11.6 Å². The first kappa shape index (κ1) is 14.9. The SMILES string of the molecule is CCOc1ccccc1CNc1ccccc1CC(N)=O. The van der Waals surface area contributed by atoms with E-state index in [1.807, 2.05) is 55.5 Å². The number of para-hydroxylation sites is 2. The van der Waals surface area contributed by atoms with E-state index in [1.165, 1.54) is 0 Å². The van der Waals surface area contributed by atoms with Gasteiger partial charge in [0.05, 0.1) is 13.0 Å². The van der Waals surface area contributed by atoms with E-state index in [1.54, 1.807) is 0 Å². The van der Waals surface area contributed by atoms with Crippen molar-refractivity contribution in [2.45, 2.75) is 19.9 Å². The fourth-order valence-corrected chi connectivity index (χ4v) is 2.17. The van der Waals surface area contributed by atoms with Crippen molar-refractivity contribution in [1.82, 2.24) is 0 Å². The lowest BCUT2D eigenvalue weighted by Crippen LogP contribution is -2.15. The van der Waals surface area contributed by atoms with Crippen molar-refractivity contribution in [1.29, 1.82) is 0 Å². The minimum atomic E-state index is -0.334. The van der Waals surface area contributed by atoms with Crippen LogP contribution in [0.4, 0.5) is 5.69 Å². The topological polar surface area (TPSA) is 64.3 Å². The van der Waals surface area contributed by atoms with Gasteiger partial charge in [0, 0.05) is 17.8 Å². The van der Waals surface area contributed by atoms with E-state index >= 15 is 0 Å². The molecule has 0 bridgehead atoms. The minimum absolute atomic E-state index is 0.232. The molecule has 2 rings (SSSR count). The Hall–Kier alpha value is -2.49. The molecule has 0 saturated heterocycles. The first-order chi connectivity index (χ1) is 10.2. The summed E-state index contributed by atoms with van der Waals surface area (Å²) in [5, 5.41) is 3.35. The van der Waals surface area contributed by atoms with Gasteiger partial charge >= 0.3 is 0 Å². The van der Waals surface area contributed by atoms with Crippen LogP contribution in [0.25, 0.3) is 0 Å². The molecule has 110 valence electrons. The lowest BCUT2D eigenvalue weighted by molar-refractivity contribution is -0.117. The van der Waals surface area contributed by atoms with E-state index in [2.05, 4.69) is 5.32 Å². The van der Waals surface area contributed by atoms with Gasteiger partial charge in [0.25, 0.3) is 0 Å². The molecule has 0 atom stereocenters. The van der Waals surface area contributed by atoms with Crippen LogP contribution in [0.3, 0.4) is 0 Å². The van der Waals surface area contributed by atoms with E-state index in [-0.39, 0.29) is 12.3 Å². The maximum absolute atomic E-state index is 11.1. The molecule has 0 aliphatic rings. The molecule has 4 nitrogen and oxygen atoms in total. The van der Waals surface area contributed by atoms with E-state index in [9.17, 15) is 4.79 Å². The summed E-state index contributed by atoms with van der Waals surface area (Å²) in [6, 6.07) is 15.6. The van der Waals surface area contributed by atoms with Crippen molar-refractivity contribution in [2.75, 3.05) is 11.9 Å². The first-order valence-electron chi connectivity index (χ1n) is 7.01. The molecule has 0 unspecified atom stereocenters. The number of carbonyl (C=O) groups is 1. The molecule has 0 aliphatic carbocycles. The third kappa shape index (κ3) is 4.24. The molecule has 2 aromatic carbocycles. The molecule has 0 heterocycles. The summed E-state index contributed by atoms with van der Waals surface area (Å²) in [6.45, 7) is 3.23. The van der Waals surface area contributed by atoms with Crippen LogP contribution in [0.15, 0.2) is 48.5 Å². The number of primary amides is 1. The highest BCUT2D eigenvalue weighted by Crippen LogP contribution is 2.21. The molecular formula is C17H20N2O2. The van der Waals surface area contributed by atoms with E-state index in [4.69, 9.17) is 10.5 Å². The number of ether oxygens (including phenoxy) is 1. The van der Waals surface area contributed by atoms with Gasteiger partial charge in [0.1, 0.15) is 5.75 Å². The lowest BCUT2D eigenvalue weighted by Gasteiger charge is -2.14. The number of anilines is 1. The molecule has 0 saturated carbocycles. The largest absolute Gasteiger partial charge is 0.494 e. The van der Waals surface area contributed by atoms with Crippen molar-refractivity contribution in [3.8, 4) is 5.75 Å². The predicted molar refractivity (Wildman–Crippen MR) is 84.3 cm³/mol. The lowest BCUT2D eigenvalue weighted by atomic mass is 10.1. The van der Waals surface area contributed by atoms with Gasteiger partial charge in [0.15, 0.2) is 0 Å². The molecule has 0 radical (unpaired) electrons. The van der Waals surface area contributed by atoms with Crippen LogP contribution in [0.1, 0.15) is 18.1 Å². The monoisotopic (exact) mass is 284 g/mol. The first-order valence-corrected chi connectivity index (χ1v) is 7.01. The van der Waals surface area contributed by atoms with Crippen LogP contribution >= 0.6 is 0 Å². The maximum Gasteiger partial charge on any atom is 0.221 e. The Morgan fingerprint density at radius 1 is 1.10 bits per heavy atom. The Bertz CT molecular complexity index is 611. The second-order valence-electron chi connectivity index (χ2n) is 4.69. The highest BCUT2D eigenvalue weighted by Gasteiger charge is 2.06. The van der Waals surface area contributed by atoms with Gasteiger partial charge in [-0.05, 0) is 24.6 Å². The van der Waals surface area contributed by atoms with E-state index in [0.717, 1.165) is 22.6 Å². The summed E-state index contributed by atoms with van der Waals surface area (Å²) in [7, 11) is 0. The summed E-state index contributed by atoms with van der Waals surface area (Å²) in [5.74, 6) is 0.541. The zero-order chi connectivity index (χ0) is 15.1. The quantitative estimate of drug-likeness (QED) is 0.821. The maximum atomic E-state index is 11.1. The Labute approximate surface area is 124 Å². The third-order valence-corrected chi connectivity index (χ3v) is 3.12. The Kier molecular flexibility index (Phi) is 5.21. The molecule has 2 aromatic rings. The molecule has 4 heteroatoms. The Morgan fingerprint density at radius 3 is 2.48 bits per heavy atom. The Morgan fingerprint density at radius 2 is 1.76 bits per heavy atom. The third-order valence-electron chi connectivity index (χ3n) is 3.12. The minimum Gasteiger partial charge on any atom is -0.494 e. The fourth-order valence-electron chi connectivity index (χ4n) is 2.17. The van der Waals surface area contributed by atoms with Crippen molar-refractivity contribution in [3.63, 3.8) is 0 Å². The number of rotatable bonds is 7. The summed E-state index contributed by atoms with van der Waals surface area (Å²) >= 11 is 0. The van der Waals surface area contributed by atoms with Gasteiger partial charge in [0.2, 0.25) is 5.91 Å². The van der Waals surface area contributed by atoms with Gasteiger partial charge in [-0.3, -0.25) is 4.79 Å². The average Bonchev–Trinajstić information content (AvgIpc) is 2.47. The molecular weight excluding hydrogens is 264 g/mol. The van der Waals surface area contributed by atoms with Crippen molar-refractivity contribution < 1.29 is 9.53 Å². The van der Waals surface area contributed by atoms with E-state index < -0.39 is 0 Å². The molecule has 21 heavy (non-hydrogen) atoms. The summed E-state index contributed by atoms with van der Waals surface area (Å²) in [4.78, 5) is 11.1. The highest BCUT2D eigenvalue weighted by atomic mass is 16.5. The average molecular weight is 284 g/mol. The number of amides is 1. The number of carbonyl (C=O) groups excluding carboxylic acids is 1. The Balaban J connectivity index is 2.11. The predicted octanol–water partition coefficient (Wildman–Crippen LogP) is 2.73. The molecule has 1 amide bonds. The van der Waals surface area contributed by atoms with Gasteiger partial charge in [-0.15, -0.1) is 0 Å². The molecule has 0 aromatic heterocycles. The van der Waals surface area contributed by atoms with Crippen molar-refractivity contribution in [2.24, 2.45) is 5.73 Å². The highest BCUT2D eigenvalue weighted by molar-refractivity contribution is 5.78. The number of nitrogens with one attached hydrogen (secondary N) is 1. The zero-order valence-electron chi connectivity index (χ0n) is 12.1. The van der Waals surface area contributed by atoms with Crippen LogP contribution in [-0.2, 0) is 17.8 Å². The number of nitrogens with two attached hydrogens (primary N) is 1. The van der Waals surface area contributed by atoms with Crippen LogP contribution in [-0.4, -0.2) is 12.5 Å². The molecule has 0 spiro atoms. The summed E-state index contributed by atoms with van der Waals surface area (Å²) < 4.78 is 5.61. The number of benzene rings is 2. The van der Waals surface area contributed by atoms with Gasteiger partial charge in [-0.1, -0.05) is 36.4 Å². The second kappa shape index (κ2) is 7.33. The van der Waals surface area contributed by atoms with E-state index in [0.29, 0.717) is 13.2 Å². The summed E-state index contributed by atoms with van der Waals surface area (Å²) in [6.07, 6.45) is 0.232. The van der Waals surface area contributed by atoms with Gasteiger partial charge in [-0.2, -0.15) is 0 Å². The number of hydrogen-bond donors (Lipinski definition) is 2. The van der Waals surface area contributed by atoms with Crippen molar-refractivity contribution in [3.05, 3.63) is 59.7 Å². The fraction of sp³-hybridized carbons (Fsp3) is 0.235. The zero-order valence-corrected chi connectivity index (χ0v) is 12.1. The van der Waals surface area contributed by atoms with Gasteiger partial charge < -0.3 is 15.8 Å². The van der Waals surface area contributed by atoms with Crippen LogP contribution < -0.4 is 15.8 Å². The van der Waals surface area contributed by atoms with Gasteiger partial charge in [-0.25, -0.2) is 0 Å².